The van der Waals surface area contributed by atoms with Crippen molar-refractivity contribution in [2.45, 2.75) is 37.6 Å². The van der Waals surface area contributed by atoms with Gasteiger partial charge in [0.1, 0.15) is 5.75 Å². The van der Waals surface area contributed by atoms with Gasteiger partial charge >= 0.3 is 0 Å². The number of thiophene rings is 1. The quantitative estimate of drug-likeness (QED) is 0.630. The number of nitrogens with zero attached hydrogens (tertiary/aromatic N) is 2. The third-order valence-electron chi connectivity index (χ3n) is 5.79. The summed E-state index contributed by atoms with van der Waals surface area (Å²) in [6.07, 6.45) is 5.45. The van der Waals surface area contributed by atoms with Crippen molar-refractivity contribution >= 4 is 17.2 Å². The second-order valence-corrected chi connectivity index (χ2v) is 8.50. The van der Waals surface area contributed by atoms with Crippen molar-refractivity contribution in [3.05, 3.63) is 69.4 Å². The molecule has 3 aromatic rings. The number of methoxy groups -OCH3 is 1. The van der Waals surface area contributed by atoms with Gasteiger partial charge in [0, 0.05) is 29.6 Å². The first-order chi connectivity index (χ1) is 14.6. The van der Waals surface area contributed by atoms with Crippen molar-refractivity contribution in [3.63, 3.8) is 0 Å². The number of benzene rings is 1. The number of hydrogen-bond donors (Lipinski definition) is 1. The lowest BCUT2D eigenvalue weighted by Crippen LogP contribution is -2.43. The first-order valence-electron chi connectivity index (χ1n) is 10.2. The van der Waals surface area contributed by atoms with Crippen LogP contribution in [-0.4, -0.2) is 29.1 Å². The van der Waals surface area contributed by atoms with Gasteiger partial charge in [0.15, 0.2) is 0 Å². The Labute approximate surface area is 179 Å². The average molecular weight is 424 g/mol. The molecule has 2 heterocycles. The van der Waals surface area contributed by atoms with E-state index in [-0.39, 0.29) is 11.5 Å². The molecule has 6 nitrogen and oxygen atoms in total. The summed E-state index contributed by atoms with van der Waals surface area (Å²) in [6, 6.07) is 13.0. The molecule has 7 heteroatoms. The Bertz CT molecular complexity index is 1050. The number of amides is 1. The molecule has 30 heavy (non-hydrogen) atoms. The minimum absolute atomic E-state index is 0.0679. The molecule has 4 rings (SSSR count). The molecule has 156 valence electrons. The Morgan fingerprint density at radius 3 is 2.63 bits per heavy atom. The molecule has 0 spiro atoms. The lowest BCUT2D eigenvalue weighted by molar-refractivity contribution is -0.126. The monoisotopic (exact) mass is 423 g/mol. The predicted octanol–water partition coefficient (Wildman–Crippen LogP) is 3.61. The van der Waals surface area contributed by atoms with Crippen molar-refractivity contribution in [1.29, 1.82) is 0 Å². The number of carbonyl (C=O) groups is 1. The van der Waals surface area contributed by atoms with Crippen LogP contribution in [0.4, 0.5) is 0 Å². The molecule has 1 fully saturated rings. The summed E-state index contributed by atoms with van der Waals surface area (Å²) in [4.78, 5) is 31.1. The topological polar surface area (TPSA) is 73.2 Å². The Hall–Kier alpha value is -2.93. The predicted molar refractivity (Wildman–Crippen MR) is 118 cm³/mol. The summed E-state index contributed by atoms with van der Waals surface area (Å²) in [5, 5.41) is 5.08. The summed E-state index contributed by atoms with van der Waals surface area (Å²) >= 11 is 1.65. The number of nitrogens with one attached hydrogen (secondary N) is 1. The number of rotatable bonds is 7. The van der Waals surface area contributed by atoms with Gasteiger partial charge in [0.05, 0.1) is 24.5 Å². The van der Waals surface area contributed by atoms with Crippen molar-refractivity contribution in [2.75, 3.05) is 13.7 Å². The molecular weight excluding hydrogens is 398 g/mol. The number of aromatic nitrogens is 2. The van der Waals surface area contributed by atoms with Crippen molar-refractivity contribution in [2.24, 2.45) is 0 Å². The van der Waals surface area contributed by atoms with E-state index in [0.717, 1.165) is 41.9 Å². The Kier molecular flexibility index (Phi) is 5.99. The Morgan fingerprint density at radius 1 is 1.23 bits per heavy atom. The van der Waals surface area contributed by atoms with E-state index in [1.54, 1.807) is 24.8 Å². The molecule has 2 aromatic heterocycles. The maximum atomic E-state index is 13.0. The molecule has 1 amide bonds. The Morgan fingerprint density at radius 2 is 2.00 bits per heavy atom. The third kappa shape index (κ3) is 4.03. The Balaban J connectivity index is 1.40. The van der Waals surface area contributed by atoms with Crippen molar-refractivity contribution in [3.8, 4) is 17.0 Å². The van der Waals surface area contributed by atoms with Crippen LogP contribution in [0.15, 0.2) is 59.0 Å². The van der Waals surface area contributed by atoms with Crippen molar-refractivity contribution in [1.82, 2.24) is 14.9 Å². The minimum Gasteiger partial charge on any atom is -0.497 e. The van der Waals surface area contributed by atoms with Crippen LogP contribution in [0, 0.1) is 0 Å². The van der Waals surface area contributed by atoms with Crippen LogP contribution in [0.2, 0.25) is 0 Å². The van der Waals surface area contributed by atoms with E-state index in [9.17, 15) is 9.59 Å². The number of ether oxygens (including phenoxy) is 1. The summed E-state index contributed by atoms with van der Waals surface area (Å²) in [5.74, 6) is 0.823. The van der Waals surface area contributed by atoms with E-state index in [1.807, 2.05) is 35.7 Å². The van der Waals surface area contributed by atoms with Crippen molar-refractivity contribution < 1.29 is 9.53 Å². The average Bonchev–Trinajstić information content (AvgIpc) is 3.47. The highest BCUT2D eigenvalue weighted by molar-refractivity contribution is 7.10. The van der Waals surface area contributed by atoms with Crippen LogP contribution in [0.3, 0.4) is 0 Å². The highest BCUT2D eigenvalue weighted by Gasteiger charge is 2.43. The molecule has 1 aliphatic carbocycles. The summed E-state index contributed by atoms with van der Waals surface area (Å²) in [7, 11) is 1.61. The van der Waals surface area contributed by atoms with Crippen LogP contribution in [0.1, 0.15) is 30.6 Å². The summed E-state index contributed by atoms with van der Waals surface area (Å²) in [5.41, 5.74) is 0.923. The fraction of sp³-hybridized carbons (Fsp3) is 0.348. The second kappa shape index (κ2) is 8.83. The van der Waals surface area contributed by atoms with Crippen LogP contribution < -0.4 is 15.6 Å². The molecule has 1 aliphatic rings. The van der Waals surface area contributed by atoms with Gasteiger partial charge in [-0.3, -0.25) is 14.2 Å². The lowest BCUT2D eigenvalue weighted by Gasteiger charge is -2.26. The molecule has 1 saturated carbocycles. The standard InChI is InChI=1S/C23H25N3O3S/c1-29-18-8-6-17(7-9-18)19-15-21(27)26(16-25-19)13-12-24-22(28)23(10-2-3-11-23)20-5-4-14-30-20/h4-9,14-16H,2-3,10-13H2,1H3,(H,24,28). The van der Waals surface area contributed by atoms with Crippen LogP contribution >= 0.6 is 11.3 Å². The highest BCUT2D eigenvalue weighted by Crippen LogP contribution is 2.43. The van der Waals surface area contributed by atoms with Gasteiger partial charge in [-0.15, -0.1) is 11.3 Å². The summed E-state index contributed by atoms with van der Waals surface area (Å²) < 4.78 is 6.69. The maximum Gasteiger partial charge on any atom is 0.253 e. The molecule has 0 aliphatic heterocycles. The van der Waals surface area contributed by atoms with Gasteiger partial charge in [-0.25, -0.2) is 4.98 Å². The molecule has 1 N–H and O–H groups in total. The van der Waals surface area contributed by atoms with Crippen LogP contribution in [0.25, 0.3) is 11.3 Å². The van der Waals surface area contributed by atoms with Gasteiger partial charge < -0.3 is 10.1 Å². The smallest absolute Gasteiger partial charge is 0.253 e. The fourth-order valence-corrected chi connectivity index (χ4v) is 5.07. The molecule has 0 radical (unpaired) electrons. The largest absolute Gasteiger partial charge is 0.497 e. The molecule has 0 atom stereocenters. The normalized spacial score (nSPS) is 15.1. The first kappa shape index (κ1) is 20.3. The molecule has 1 aromatic carbocycles. The van der Waals surface area contributed by atoms with E-state index in [2.05, 4.69) is 16.4 Å². The zero-order chi connectivity index (χ0) is 21.0. The highest BCUT2D eigenvalue weighted by atomic mass is 32.1. The number of carbonyl (C=O) groups excluding carboxylic acids is 1. The van der Waals surface area contributed by atoms with E-state index >= 15 is 0 Å². The van der Waals surface area contributed by atoms with E-state index < -0.39 is 5.41 Å². The van der Waals surface area contributed by atoms with Gasteiger partial charge in [-0.05, 0) is 48.6 Å². The fourth-order valence-electron chi connectivity index (χ4n) is 4.09. The molecule has 0 bridgehead atoms. The van der Waals surface area contributed by atoms with Gasteiger partial charge in [0.2, 0.25) is 5.91 Å². The van der Waals surface area contributed by atoms with Gasteiger partial charge in [-0.2, -0.15) is 0 Å². The lowest BCUT2D eigenvalue weighted by atomic mass is 9.83. The van der Waals surface area contributed by atoms with E-state index in [4.69, 9.17) is 4.74 Å². The zero-order valence-corrected chi connectivity index (χ0v) is 17.8. The number of hydrogen-bond acceptors (Lipinski definition) is 5. The van der Waals surface area contributed by atoms with E-state index in [1.165, 1.54) is 10.6 Å². The molecule has 0 saturated heterocycles. The van der Waals surface area contributed by atoms with Crippen LogP contribution in [0.5, 0.6) is 5.75 Å². The van der Waals surface area contributed by atoms with Gasteiger partial charge in [0.25, 0.3) is 5.56 Å². The SMILES string of the molecule is COc1ccc(-c2cc(=O)n(CCNC(=O)C3(c4cccs4)CCCC3)cn2)cc1. The molecule has 0 unspecified atom stereocenters. The first-order valence-corrected chi connectivity index (χ1v) is 11.0. The van der Waals surface area contributed by atoms with E-state index in [0.29, 0.717) is 18.8 Å². The summed E-state index contributed by atoms with van der Waals surface area (Å²) in [6.45, 7) is 0.788. The maximum absolute atomic E-state index is 13.0. The van der Waals surface area contributed by atoms with Gasteiger partial charge in [-0.1, -0.05) is 18.9 Å². The zero-order valence-electron chi connectivity index (χ0n) is 17.0. The second-order valence-electron chi connectivity index (χ2n) is 7.56. The van der Waals surface area contributed by atoms with Crippen LogP contribution in [-0.2, 0) is 16.8 Å². The minimum atomic E-state index is -0.407. The molecular formula is C23H25N3O3S. The third-order valence-corrected chi connectivity index (χ3v) is 6.86.